The Bertz CT molecular complexity index is 264. The molecule has 1 saturated carbocycles. The summed E-state index contributed by atoms with van der Waals surface area (Å²) in [4.78, 5) is 12.0. The molecule has 0 bridgehead atoms. The van der Waals surface area contributed by atoms with E-state index in [1.807, 2.05) is 0 Å². The quantitative estimate of drug-likeness (QED) is 0.779. The standard InChI is InChI=1S/C13H26N2O2.ClH/c1-12(2,8-9-17-3)10-15-11(16)13(14)6-4-5-7-13;/h4-10,14H2,1-3H3,(H,15,16);1H. The number of hydrogen-bond acceptors (Lipinski definition) is 3. The fourth-order valence-electron chi connectivity index (χ4n) is 2.20. The van der Waals surface area contributed by atoms with Crippen LogP contribution in [-0.2, 0) is 9.53 Å². The lowest BCUT2D eigenvalue weighted by atomic mass is 9.89. The van der Waals surface area contributed by atoms with Gasteiger partial charge >= 0.3 is 0 Å². The van der Waals surface area contributed by atoms with Gasteiger partial charge in [0.1, 0.15) is 0 Å². The number of methoxy groups -OCH3 is 1. The van der Waals surface area contributed by atoms with E-state index in [0.717, 1.165) is 38.7 Å². The lowest BCUT2D eigenvalue weighted by molar-refractivity contribution is -0.126. The average Bonchev–Trinajstić information content (AvgIpc) is 2.72. The zero-order valence-corrected chi connectivity index (χ0v) is 12.6. The zero-order valence-electron chi connectivity index (χ0n) is 11.8. The summed E-state index contributed by atoms with van der Waals surface area (Å²) in [6.07, 6.45) is 4.70. The van der Waals surface area contributed by atoms with Gasteiger partial charge < -0.3 is 15.8 Å². The number of nitrogens with two attached hydrogens (primary N) is 1. The van der Waals surface area contributed by atoms with Gasteiger partial charge in [-0.25, -0.2) is 0 Å². The molecule has 1 aliphatic carbocycles. The Morgan fingerprint density at radius 2 is 1.94 bits per heavy atom. The maximum atomic E-state index is 12.0. The van der Waals surface area contributed by atoms with Crippen LogP contribution in [0.1, 0.15) is 46.0 Å². The molecule has 0 aromatic heterocycles. The average molecular weight is 279 g/mol. The molecule has 108 valence electrons. The summed E-state index contributed by atoms with van der Waals surface area (Å²) >= 11 is 0. The van der Waals surface area contributed by atoms with Gasteiger partial charge in [-0.05, 0) is 24.7 Å². The van der Waals surface area contributed by atoms with E-state index in [4.69, 9.17) is 10.5 Å². The molecule has 0 unspecified atom stereocenters. The van der Waals surface area contributed by atoms with Crippen LogP contribution in [0.3, 0.4) is 0 Å². The molecule has 18 heavy (non-hydrogen) atoms. The van der Waals surface area contributed by atoms with Gasteiger partial charge in [0.2, 0.25) is 5.91 Å². The first-order valence-electron chi connectivity index (χ1n) is 6.46. The predicted molar refractivity (Wildman–Crippen MR) is 75.9 cm³/mol. The van der Waals surface area contributed by atoms with Crippen LogP contribution >= 0.6 is 12.4 Å². The summed E-state index contributed by atoms with van der Waals surface area (Å²) in [5, 5.41) is 2.99. The van der Waals surface area contributed by atoms with Crippen molar-refractivity contribution in [3.05, 3.63) is 0 Å². The smallest absolute Gasteiger partial charge is 0.240 e. The number of amides is 1. The number of rotatable bonds is 6. The van der Waals surface area contributed by atoms with Crippen LogP contribution in [0.25, 0.3) is 0 Å². The Morgan fingerprint density at radius 1 is 1.39 bits per heavy atom. The summed E-state index contributed by atoms with van der Waals surface area (Å²) in [6.45, 7) is 5.64. The first-order chi connectivity index (χ1) is 7.90. The zero-order chi connectivity index (χ0) is 12.9. The highest BCUT2D eigenvalue weighted by molar-refractivity contribution is 5.86. The summed E-state index contributed by atoms with van der Waals surface area (Å²) in [7, 11) is 1.70. The third-order valence-corrected chi connectivity index (χ3v) is 3.66. The molecule has 0 radical (unpaired) electrons. The number of carbonyl (C=O) groups is 1. The van der Waals surface area contributed by atoms with Gasteiger partial charge in [0.05, 0.1) is 5.54 Å². The van der Waals surface area contributed by atoms with E-state index in [1.54, 1.807) is 7.11 Å². The highest BCUT2D eigenvalue weighted by Crippen LogP contribution is 2.27. The van der Waals surface area contributed by atoms with E-state index in [0.29, 0.717) is 6.54 Å². The molecular weight excluding hydrogens is 252 g/mol. The maximum absolute atomic E-state index is 12.0. The van der Waals surface area contributed by atoms with Crippen LogP contribution in [0.15, 0.2) is 0 Å². The van der Waals surface area contributed by atoms with Gasteiger partial charge in [-0.15, -0.1) is 12.4 Å². The second-order valence-corrected chi connectivity index (χ2v) is 5.95. The molecule has 1 rings (SSSR count). The van der Waals surface area contributed by atoms with Crippen LogP contribution in [0.5, 0.6) is 0 Å². The van der Waals surface area contributed by atoms with Crippen molar-refractivity contribution in [2.75, 3.05) is 20.3 Å². The molecule has 1 amide bonds. The highest BCUT2D eigenvalue weighted by atomic mass is 35.5. The fraction of sp³-hybridized carbons (Fsp3) is 0.923. The molecular formula is C13H27ClN2O2. The van der Waals surface area contributed by atoms with Crippen molar-refractivity contribution in [3.8, 4) is 0 Å². The number of ether oxygens (including phenoxy) is 1. The molecule has 1 fully saturated rings. The molecule has 0 saturated heterocycles. The molecule has 3 N–H and O–H groups in total. The van der Waals surface area contributed by atoms with E-state index < -0.39 is 5.54 Å². The normalized spacial score (nSPS) is 18.2. The van der Waals surface area contributed by atoms with Crippen molar-refractivity contribution in [2.45, 2.75) is 51.5 Å². The Balaban J connectivity index is 0.00000289. The van der Waals surface area contributed by atoms with E-state index >= 15 is 0 Å². The molecule has 5 heteroatoms. The molecule has 0 aromatic rings. The van der Waals surface area contributed by atoms with Gasteiger partial charge in [-0.2, -0.15) is 0 Å². The highest BCUT2D eigenvalue weighted by Gasteiger charge is 2.37. The number of halogens is 1. The van der Waals surface area contributed by atoms with E-state index in [2.05, 4.69) is 19.2 Å². The van der Waals surface area contributed by atoms with Crippen molar-refractivity contribution >= 4 is 18.3 Å². The Kier molecular flexibility index (Phi) is 7.18. The van der Waals surface area contributed by atoms with Gasteiger partial charge in [0.15, 0.2) is 0 Å². The minimum atomic E-state index is -0.614. The van der Waals surface area contributed by atoms with Crippen LogP contribution in [-0.4, -0.2) is 31.7 Å². The van der Waals surface area contributed by atoms with E-state index in [1.165, 1.54) is 0 Å². The van der Waals surface area contributed by atoms with E-state index in [-0.39, 0.29) is 23.7 Å². The van der Waals surface area contributed by atoms with Gasteiger partial charge in [-0.3, -0.25) is 4.79 Å². The van der Waals surface area contributed by atoms with Crippen LogP contribution in [0, 0.1) is 5.41 Å². The molecule has 0 atom stereocenters. The monoisotopic (exact) mass is 278 g/mol. The summed E-state index contributed by atoms with van der Waals surface area (Å²) in [5.74, 6) is 0.0143. The summed E-state index contributed by atoms with van der Waals surface area (Å²) in [5.41, 5.74) is 5.54. The Morgan fingerprint density at radius 3 is 2.44 bits per heavy atom. The van der Waals surface area contributed by atoms with Gasteiger partial charge in [0.25, 0.3) is 0 Å². The van der Waals surface area contributed by atoms with Crippen molar-refractivity contribution in [3.63, 3.8) is 0 Å². The fourth-order valence-corrected chi connectivity index (χ4v) is 2.20. The van der Waals surface area contributed by atoms with Crippen LogP contribution in [0.2, 0.25) is 0 Å². The number of nitrogens with one attached hydrogen (secondary N) is 1. The minimum Gasteiger partial charge on any atom is -0.385 e. The Hall–Kier alpha value is -0.320. The lowest BCUT2D eigenvalue weighted by Crippen LogP contribution is -2.53. The largest absolute Gasteiger partial charge is 0.385 e. The molecule has 0 aromatic carbocycles. The first-order valence-corrected chi connectivity index (χ1v) is 6.46. The Labute approximate surface area is 116 Å². The summed E-state index contributed by atoms with van der Waals surface area (Å²) in [6, 6.07) is 0. The van der Waals surface area contributed by atoms with Crippen molar-refractivity contribution in [2.24, 2.45) is 11.1 Å². The van der Waals surface area contributed by atoms with Crippen molar-refractivity contribution in [1.82, 2.24) is 5.32 Å². The molecule has 4 nitrogen and oxygen atoms in total. The molecule has 1 aliphatic rings. The minimum absolute atomic E-state index is 0. The third kappa shape index (κ3) is 5.12. The topological polar surface area (TPSA) is 64.3 Å². The molecule has 0 aliphatic heterocycles. The van der Waals surface area contributed by atoms with Gasteiger partial charge in [0, 0.05) is 20.3 Å². The van der Waals surface area contributed by atoms with Gasteiger partial charge in [-0.1, -0.05) is 26.7 Å². The second kappa shape index (κ2) is 7.31. The maximum Gasteiger partial charge on any atom is 0.240 e. The van der Waals surface area contributed by atoms with Crippen LogP contribution < -0.4 is 11.1 Å². The number of carbonyl (C=O) groups excluding carboxylic acids is 1. The predicted octanol–water partition coefficient (Wildman–Crippen LogP) is 1.86. The molecule has 0 spiro atoms. The molecule has 0 heterocycles. The van der Waals surface area contributed by atoms with Crippen LogP contribution in [0.4, 0.5) is 0 Å². The number of hydrogen-bond donors (Lipinski definition) is 2. The summed E-state index contributed by atoms with van der Waals surface area (Å²) < 4.78 is 5.07. The second-order valence-electron chi connectivity index (χ2n) is 5.95. The SMILES string of the molecule is COCCC(C)(C)CNC(=O)C1(N)CCCC1.Cl. The van der Waals surface area contributed by atoms with Crippen molar-refractivity contribution < 1.29 is 9.53 Å². The van der Waals surface area contributed by atoms with E-state index in [9.17, 15) is 4.79 Å². The third-order valence-electron chi connectivity index (χ3n) is 3.66. The first kappa shape index (κ1) is 17.7. The lowest BCUT2D eigenvalue weighted by Gasteiger charge is -2.28. The van der Waals surface area contributed by atoms with Crippen molar-refractivity contribution in [1.29, 1.82) is 0 Å².